The molecule has 27 heavy (non-hydrogen) atoms. The summed E-state index contributed by atoms with van der Waals surface area (Å²) in [5.41, 5.74) is 0. The Morgan fingerprint density at radius 3 is 2.74 bits per heavy atom. The molecular weight excluding hydrogens is 347 g/mol. The second kappa shape index (κ2) is 11.8. The minimum Gasteiger partial charge on any atom is -0.486 e. The van der Waals surface area contributed by atoms with E-state index in [1.807, 2.05) is 6.92 Å². The van der Waals surface area contributed by atoms with Crippen molar-refractivity contribution >= 4 is 5.96 Å². The summed E-state index contributed by atoms with van der Waals surface area (Å²) in [6.45, 7) is 6.55. The van der Waals surface area contributed by atoms with Crippen molar-refractivity contribution in [2.45, 2.75) is 38.3 Å². The highest BCUT2D eigenvalue weighted by Gasteiger charge is 2.19. The molecule has 0 bridgehead atoms. The molecule has 1 fully saturated rings. The van der Waals surface area contributed by atoms with E-state index >= 15 is 0 Å². The number of likely N-dealkylation sites (tertiary alicyclic amines) is 1. The standard InChI is InChI=1S/C20H33FN4O2/c1-16(27-19-8-5-4-7-18(19)21)15-23-20(22-2)24-17-9-12-25(13-10-17)11-6-14-26-3/h4-5,7-8,16-17H,6,9-15H2,1-3H3,(H2,22,23,24). The average Bonchev–Trinajstić information content (AvgIpc) is 2.68. The third-order valence-electron chi connectivity index (χ3n) is 4.70. The number of rotatable bonds is 9. The first-order chi connectivity index (χ1) is 13.1. The number of para-hydroxylation sites is 1. The number of piperidine rings is 1. The Balaban J connectivity index is 1.68. The van der Waals surface area contributed by atoms with Gasteiger partial charge in [-0.05, 0) is 38.3 Å². The predicted octanol–water partition coefficient (Wildman–Crippen LogP) is 2.26. The molecule has 0 radical (unpaired) electrons. The topological polar surface area (TPSA) is 58.1 Å². The number of hydrogen-bond acceptors (Lipinski definition) is 4. The lowest BCUT2D eigenvalue weighted by Gasteiger charge is -2.33. The molecular formula is C20H33FN4O2. The number of aliphatic imine (C=N–C) groups is 1. The van der Waals surface area contributed by atoms with Gasteiger partial charge >= 0.3 is 0 Å². The largest absolute Gasteiger partial charge is 0.486 e. The molecule has 0 saturated carbocycles. The second-order valence-corrected chi connectivity index (χ2v) is 6.92. The number of ether oxygens (including phenoxy) is 2. The highest BCUT2D eigenvalue weighted by Crippen LogP contribution is 2.16. The second-order valence-electron chi connectivity index (χ2n) is 6.92. The van der Waals surface area contributed by atoms with Crippen molar-refractivity contribution in [3.05, 3.63) is 30.1 Å². The monoisotopic (exact) mass is 380 g/mol. The number of halogens is 1. The number of nitrogens with zero attached hydrogens (tertiary/aromatic N) is 2. The van der Waals surface area contributed by atoms with Crippen LogP contribution in [0.1, 0.15) is 26.2 Å². The molecule has 152 valence electrons. The van der Waals surface area contributed by atoms with Crippen molar-refractivity contribution in [2.24, 2.45) is 4.99 Å². The molecule has 1 saturated heterocycles. The van der Waals surface area contributed by atoms with Crippen LogP contribution in [0.25, 0.3) is 0 Å². The van der Waals surface area contributed by atoms with E-state index in [-0.39, 0.29) is 17.7 Å². The van der Waals surface area contributed by atoms with Gasteiger partial charge in [-0.2, -0.15) is 0 Å². The van der Waals surface area contributed by atoms with Gasteiger partial charge in [0.25, 0.3) is 0 Å². The molecule has 1 atom stereocenters. The van der Waals surface area contributed by atoms with Crippen molar-refractivity contribution in [3.63, 3.8) is 0 Å². The maximum absolute atomic E-state index is 13.7. The predicted molar refractivity (Wildman–Crippen MR) is 107 cm³/mol. The smallest absolute Gasteiger partial charge is 0.191 e. The van der Waals surface area contributed by atoms with E-state index in [1.165, 1.54) is 6.07 Å². The Morgan fingerprint density at radius 1 is 1.33 bits per heavy atom. The maximum atomic E-state index is 13.7. The van der Waals surface area contributed by atoms with Gasteiger partial charge in [0, 0.05) is 46.4 Å². The molecule has 0 aromatic heterocycles. The molecule has 1 aromatic carbocycles. The third kappa shape index (κ3) is 7.72. The first kappa shape index (κ1) is 21.4. The van der Waals surface area contributed by atoms with Gasteiger partial charge in [0.15, 0.2) is 17.5 Å². The van der Waals surface area contributed by atoms with Crippen molar-refractivity contribution in [2.75, 3.05) is 46.9 Å². The molecule has 1 aromatic rings. The van der Waals surface area contributed by atoms with Crippen LogP contribution in [0.2, 0.25) is 0 Å². The van der Waals surface area contributed by atoms with E-state index in [9.17, 15) is 4.39 Å². The highest BCUT2D eigenvalue weighted by molar-refractivity contribution is 5.80. The van der Waals surface area contributed by atoms with Crippen LogP contribution in [0.3, 0.4) is 0 Å². The van der Waals surface area contributed by atoms with Crippen LogP contribution in [0, 0.1) is 5.82 Å². The molecule has 6 nitrogen and oxygen atoms in total. The molecule has 0 aliphatic carbocycles. The quantitative estimate of drug-likeness (QED) is 0.391. The maximum Gasteiger partial charge on any atom is 0.191 e. The van der Waals surface area contributed by atoms with Gasteiger partial charge in [-0.15, -0.1) is 0 Å². The van der Waals surface area contributed by atoms with Crippen LogP contribution in [0.5, 0.6) is 5.75 Å². The fourth-order valence-corrected chi connectivity index (χ4v) is 3.16. The number of methoxy groups -OCH3 is 1. The van der Waals surface area contributed by atoms with E-state index in [0.29, 0.717) is 12.6 Å². The van der Waals surface area contributed by atoms with Crippen molar-refractivity contribution in [3.8, 4) is 5.75 Å². The van der Waals surface area contributed by atoms with E-state index in [0.717, 1.165) is 51.5 Å². The van der Waals surface area contributed by atoms with Crippen LogP contribution < -0.4 is 15.4 Å². The lowest BCUT2D eigenvalue weighted by atomic mass is 10.1. The molecule has 7 heteroatoms. The Labute approximate surface area is 162 Å². The Bertz CT molecular complexity index is 577. The first-order valence-corrected chi connectivity index (χ1v) is 9.72. The van der Waals surface area contributed by atoms with Gasteiger partial charge in [0.1, 0.15) is 6.10 Å². The zero-order chi connectivity index (χ0) is 19.5. The van der Waals surface area contributed by atoms with Crippen molar-refractivity contribution in [1.29, 1.82) is 0 Å². The number of nitrogens with one attached hydrogen (secondary N) is 2. The molecule has 1 unspecified atom stereocenters. The zero-order valence-corrected chi connectivity index (χ0v) is 16.7. The average molecular weight is 381 g/mol. The molecule has 1 aliphatic rings. The van der Waals surface area contributed by atoms with Gasteiger partial charge in [-0.3, -0.25) is 4.99 Å². The van der Waals surface area contributed by atoms with Gasteiger partial charge in [0.2, 0.25) is 0 Å². The van der Waals surface area contributed by atoms with Crippen molar-refractivity contribution < 1.29 is 13.9 Å². The van der Waals surface area contributed by atoms with Gasteiger partial charge in [-0.1, -0.05) is 12.1 Å². The molecule has 0 spiro atoms. The minimum atomic E-state index is -0.343. The van der Waals surface area contributed by atoms with Crippen LogP contribution in [0.4, 0.5) is 4.39 Å². The third-order valence-corrected chi connectivity index (χ3v) is 4.70. The lowest BCUT2D eigenvalue weighted by molar-refractivity contribution is 0.155. The molecule has 2 rings (SSSR count). The summed E-state index contributed by atoms with van der Waals surface area (Å²) in [6.07, 6.45) is 3.09. The number of hydrogen-bond donors (Lipinski definition) is 2. The summed E-state index contributed by atoms with van der Waals surface area (Å²) in [6, 6.07) is 6.87. The number of benzene rings is 1. The van der Waals surface area contributed by atoms with Crippen molar-refractivity contribution in [1.82, 2.24) is 15.5 Å². The normalized spacial score (nSPS) is 17.6. The van der Waals surface area contributed by atoms with E-state index < -0.39 is 0 Å². The van der Waals surface area contributed by atoms with E-state index in [4.69, 9.17) is 9.47 Å². The Morgan fingerprint density at radius 2 is 2.07 bits per heavy atom. The summed E-state index contributed by atoms with van der Waals surface area (Å²) in [5, 5.41) is 6.75. The molecule has 1 aliphatic heterocycles. The van der Waals surface area contributed by atoms with Crippen LogP contribution in [0.15, 0.2) is 29.3 Å². The van der Waals surface area contributed by atoms with Crippen LogP contribution >= 0.6 is 0 Å². The summed E-state index contributed by atoms with van der Waals surface area (Å²) < 4.78 is 24.4. The highest BCUT2D eigenvalue weighted by atomic mass is 19.1. The summed E-state index contributed by atoms with van der Waals surface area (Å²) >= 11 is 0. The summed E-state index contributed by atoms with van der Waals surface area (Å²) in [5.74, 6) is 0.691. The molecule has 0 amide bonds. The van der Waals surface area contributed by atoms with Crippen LogP contribution in [-0.4, -0.2) is 69.9 Å². The summed E-state index contributed by atoms with van der Waals surface area (Å²) in [7, 11) is 3.51. The fraction of sp³-hybridized carbons (Fsp3) is 0.650. The Hall–Kier alpha value is -1.86. The SMILES string of the molecule is CN=C(NCC(C)Oc1ccccc1F)NC1CCN(CCCOC)CC1. The lowest BCUT2D eigenvalue weighted by Crippen LogP contribution is -2.50. The van der Waals surface area contributed by atoms with Gasteiger partial charge in [0.05, 0.1) is 6.54 Å². The van der Waals surface area contributed by atoms with Crippen LogP contribution in [-0.2, 0) is 4.74 Å². The first-order valence-electron chi connectivity index (χ1n) is 9.72. The molecule has 1 heterocycles. The molecule has 2 N–H and O–H groups in total. The van der Waals surface area contributed by atoms with Gasteiger partial charge < -0.3 is 25.0 Å². The van der Waals surface area contributed by atoms with E-state index in [2.05, 4.69) is 20.5 Å². The number of guanidine groups is 1. The fourth-order valence-electron chi connectivity index (χ4n) is 3.16. The Kier molecular flexibility index (Phi) is 9.35. The minimum absolute atomic E-state index is 0.178. The summed E-state index contributed by atoms with van der Waals surface area (Å²) in [4.78, 5) is 6.78. The van der Waals surface area contributed by atoms with E-state index in [1.54, 1.807) is 32.4 Å². The zero-order valence-electron chi connectivity index (χ0n) is 16.7. The van der Waals surface area contributed by atoms with Gasteiger partial charge in [-0.25, -0.2) is 4.39 Å².